The van der Waals surface area contributed by atoms with Gasteiger partial charge in [0.2, 0.25) is 0 Å². The average Bonchev–Trinajstić information content (AvgIpc) is 3.12. The van der Waals surface area contributed by atoms with Gasteiger partial charge in [0.05, 0.1) is 5.02 Å². The van der Waals surface area contributed by atoms with Crippen molar-refractivity contribution in [2.75, 3.05) is 20.2 Å². The van der Waals surface area contributed by atoms with Crippen LogP contribution in [0.2, 0.25) is 5.02 Å². The molecule has 0 aromatic heterocycles. The van der Waals surface area contributed by atoms with Crippen LogP contribution in [0, 0.1) is 0 Å². The Morgan fingerprint density at radius 3 is 2.89 bits per heavy atom. The van der Waals surface area contributed by atoms with Gasteiger partial charge in [0, 0.05) is 12.6 Å². The lowest BCUT2D eigenvalue weighted by Gasteiger charge is -2.16. The van der Waals surface area contributed by atoms with E-state index in [9.17, 15) is 4.79 Å². The summed E-state index contributed by atoms with van der Waals surface area (Å²) in [7, 11) is 2.05. The van der Waals surface area contributed by atoms with E-state index < -0.39 is 5.97 Å². The lowest BCUT2D eigenvalue weighted by Crippen LogP contribution is -2.26. The van der Waals surface area contributed by atoms with Gasteiger partial charge in [-0.05, 0) is 32.0 Å². The highest BCUT2D eigenvalue weighted by atomic mass is 35.5. The summed E-state index contributed by atoms with van der Waals surface area (Å²) in [4.78, 5) is 13.3. The smallest absolute Gasteiger partial charge is 0.341 e. The number of aromatic carboxylic acids is 1. The summed E-state index contributed by atoms with van der Waals surface area (Å²) in [5.41, 5.74) is 0.0354. The van der Waals surface area contributed by atoms with E-state index >= 15 is 0 Å². The molecule has 98 valence electrons. The number of nitrogens with zero attached hydrogens (tertiary/aromatic N) is 1. The van der Waals surface area contributed by atoms with Gasteiger partial charge in [-0.1, -0.05) is 17.7 Å². The number of carboxylic acids is 1. The number of benzene rings is 1. The largest absolute Gasteiger partial charge is 0.491 e. The molecule has 2 rings (SSSR count). The molecule has 0 heterocycles. The van der Waals surface area contributed by atoms with E-state index in [1.807, 2.05) is 0 Å². The third kappa shape index (κ3) is 3.15. The Kier molecular flexibility index (Phi) is 4.09. The summed E-state index contributed by atoms with van der Waals surface area (Å²) in [6.45, 7) is 1.25. The first-order valence-electron chi connectivity index (χ1n) is 5.94. The van der Waals surface area contributed by atoms with Gasteiger partial charge in [0.15, 0.2) is 0 Å². The Balaban J connectivity index is 1.95. The standard InChI is InChI=1S/C13H16ClNO3/c1-15(9-5-6-9)7-8-18-11-4-2-3-10(14)12(11)13(16)17/h2-4,9H,5-8H2,1H3,(H,16,17). The van der Waals surface area contributed by atoms with Gasteiger partial charge in [0.25, 0.3) is 0 Å². The fraction of sp³-hybridized carbons (Fsp3) is 0.462. The number of halogens is 1. The Morgan fingerprint density at radius 2 is 2.28 bits per heavy atom. The number of carboxylic acid groups (broad SMARTS) is 1. The number of rotatable bonds is 6. The average molecular weight is 270 g/mol. The first-order valence-corrected chi connectivity index (χ1v) is 6.32. The second-order valence-electron chi connectivity index (χ2n) is 4.48. The van der Waals surface area contributed by atoms with Crippen LogP contribution in [0.1, 0.15) is 23.2 Å². The minimum Gasteiger partial charge on any atom is -0.491 e. The lowest BCUT2D eigenvalue weighted by molar-refractivity contribution is 0.0692. The topological polar surface area (TPSA) is 49.8 Å². The van der Waals surface area contributed by atoms with Crippen molar-refractivity contribution < 1.29 is 14.6 Å². The van der Waals surface area contributed by atoms with Crippen LogP contribution in [0.4, 0.5) is 0 Å². The van der Waals surface area contributed by atoms with Crippen LogP contribution in [0.25, 0.3) is 0 Å². The summed E-state index contributed by atoms with van der Waals surface area (Å²) < 4.78 is 5.52. The molecular formula is C13H16ClNO3. The normalized spacial score (nSPS) is 14.8. The van der Waals surface area contributed by atoms with Crippen molar-refractivity contribution in [1.29, 1.82) is 0 Å². The second-order valence-corrected chi connectivity index (χ2v) is 4.89. The molecule has 18 heavy (non-hydrogen) atoms. The summed E-state index contributed by atoms with van der Waals surface area (Å²) >= 11 is 5.86. The fourth-order valence-electron chi connectivity index (χ4n) is 1.83. The molecule has 1 aliphatic rings. The van der Waals surface area contributed by atoms with Crippen LogP contribution < -0.4 is 4.74 Å². The third-order valence-corrected chi connectivity index (χ3v) is 3.38. The number of hydrogen-bond donors (Lipinski definition) is 1. The van der Waals surface area contributed by atoms with Gasteiger partial charge in [-0.2, -0.15) is 0 Å². The molecular weight excluding hydrogens is 254 g/mol. The van der Waals surface area contributed by atoms with Gasteiger partial charge < -0.3 is 14.7 Å². The van der Waals surface area contributed by atoms with Crippen molar-refractivity contribution in [2.45, 2.75) is 18.9 Å². The first-order chi connectivity index (χ1) is 8.59. The van der Waals surface area contributed by atoms with E-state index in [4.69, 9.17) is 21.4 Å². The quantitative estimate of drug-likeness (QED) is 0.862. The van der Waals surface area contributed by atoms with E-state index in [0.717, 1.165) is 6.54 Å². The van der Waals surface area contributed by atoms with E-state index in [2.05, 4.69) is 11.9 Å². The van der Waals surface area contributed by atoms with E-state index in [1.54, 1.807) is 18.2 Å². The van der Waals surface area contributed by atoms with Crippen molar-refractivity contribution >= 4 is 17.6 Å². The maximum atomic E-state index is 11.1. The molecule has 1 aromatic rings. The van der Waals surface area contributed by atoms with Crippen LogP contribution >= 0.6 is 11.6 Å². The summed E-state index contributed by atoms with van der Waals surface area (Å²) in [6, 6.07) is 5.54. The number of hydrogen-bond acceptors (Lipinski definition) is 3. The van der Waals surface area contributed by atoms with Gasteiger partial charge >= 0.3 is 5.97 Å². The van der Waals surface area contributed by atoms with Crippen LogP contribution in [-0.4, -0.2) is 42.2 Å². The van der Waals surface area contributed by atoms with Crippen molar-refractivity contribution in [1.82, 2.24) is 4.90 Å². The molecule has 0 radical (unpaired) electrons. The fourth-order valence-corrected chi connectivity index (χ4v) is 2.08. The highest BCUT2D eigenvalue weighted by molar-refractivity contribution is 6.33. The Labute approximate surface area is 111 Å². The second kappa shape index (κ2) is 5.59. The molecule has 1 aliphatic carbocycles. The molecule has 0 atom stereocenters. The van der Waals surface area contributed by atoms with E-state index in [0.29, 0.717) is 18.4 Å². The number of ether oxygens (including phenoxy) is 1. The molecule has 1 saturated carbocycles. The van der Waals surface area contributed by atoms with Crippen molar-refractivity contribution in [3.63, 3.8) is 0 Å². The van der Waals surface area contributed by atoms with Crippen LogP contribution in [0.5, 0.6) is 5.75 Å². The minimum atomic E-state index is -1.06. The van der Waals surface area contributed by atoms with E-state index in [-0.39, 0.29) is 10.6 Å². The molecule has 1 N–H and O–H groups in total. The summed E-state index contributed by atoms with van der Waals surface area (Å²) in [5.74, 6) is -0.731. The monoisotopic (exact) mass is 269 g/mol. The molecule has 0 aliphatic heterocycles. The van der Waals surface area contributed by atoms with Crippen molar-refractivity contribution in [3.05, 3.63) is 28.8 Å². The van der Waals surface area contributed by atoms with Crippen molar-refractivity contribution in [2.24, 2.45) is 0 Å². The molecule has 5 heteroatoms. The first kappa shape index (κ1) is 13.2. The molecule has 1 fully saturated rings. The Hall–Kier alpha value is -1.26. The Morgan fingerprint density at radius 1 is 1.56 bits per heavy atom. The van der Waals surface area contributed by atoms with Gasteiger partial charge in [-0.25, -0.2) is 4.79 Å². The molecule has 0 unspecified atom stereocenters. The number of carbonyl (C=O) groups is 1. The molecule has 0 bridgehead atoms. The SMILES string of the molecule is CN(CCOc1cccc(Cl)c1C(=O)O)C1CC1. The van der Waals surface area contributed by atoms with Gasteiger partial charge in [-0.3, -0.25) is 0 Å². The maximum Gasteiger partial charge on any atom is 0.341 e. The van der Waals surface area contributed by atoms with Gasteiger partial charge in [0.1, 0.15) is 17.9 Å². The van der Waals surface area contributed by atoms with Crippen LogP contribution in [0.3, 0.4) is 0 Å². The van der Waals surface area contributed by atoms with Crippen molar-refractivity contribution in [3.8, 4) is 5.75 Å². The van der Waals surface area contributed by atoms with E-state index in [1.165, 1.54) is 12.8 Å². The Bertz CT molecular complexity index is 446. The lowest BCUT2D eigenvalue weighted by atomic mass is 10.2. The molecule has 1 aromatic carbocycles. The molecule has 0 saturated heterocycles. The molecule has 0 spiro atoms. The predicted molar refractivity (Wildman–Crippen MR) is 69.6 cm³/mol. The zero-order valence-electron chi connectivity index (χ0n) is 10.2. The van der Waals surface area contributed by atoms with Crippen LogP contribution in [0.15, 0.2) is 18.2 Å². The maximum absolute atomic E-state index is 11.1. The zero-order valence-corrected chi connectivity index (χ0v) is 11.0. The summed E-state index contributed by atoms with van der Waals surface area (Å²) in [5, 5.41) is 9.28. The summed E-state index contributed by atoms with van der Waals surface area (Å²) in [6.07, 6.45) is 2.49. The van der Waals surface area contributed by atoms with Gasteiger partial charge in [-0.15, -0.1) is 0 Å². The number of likely N-dealkylation sites (N-methyl/N-ethyl adjacent to an activating group) is 1. The molecule has 0 amide bonds. The molecule has 4 nitrogen and oxygen atoms in total. The zero-order chi connectivity index (χ0) is 13.1. The highest BCUT2D eigenvalue weighted by Crippen LogP contribution is 2.27. The third-order valence-electron chi connectivity index (χ3n) is 3.06. The van der Waals surface area contributed by atoms with Crippen LogP contribution in [-0.2, 0) is 0 Å². The predicted octanol–water partition coefficient (Wildman–Crippen LogP) is 2.51. The minimum absolute atomic E-state index is 0.0354. The highest BCUT2D eigenvalue weighted by Gasteiger charge is 2.25.